The van der Waals surface area contributed by atoms with Crippen LogP contribution >= 0.6 is 11.8 Å². The van der Waals surface area contributed by atoms with E-state index in [-0.39, 0.29) is 24.4 Å². The summed E-state index contributed by atoms with van der Waals surface area (Å²) in [4.78, 5) is 32.1. The molecular formula is C13H19N5O2S. The highest BCUT2D eigenvalue weighted by Crippen LogP contribution is 2.22. The molecule has 2 amide bonds. The molecule has 2 aliphatic heterocycles. The van der Waals surface area contributed by atoms with Crippen molar-refractivity contribution in [3.63, 3.8) is 0 Å². The number of thioether (sulfide) groups is 1. The maximum Gasteiger partial charge on any atom is 0.242 e. The molecule has 2 saturated heterocycles. The Morgan fingerprint density at radius 3 is 3.10 bits per heavy atom. The molecule has 2 aliphatic rings. The predicted molar refractivity (Wildman–Crippen MR) is 79.6 cm³/mol. The van der Waals surface area contributed by atoms with Crippen LogP contribution in [0, 0.1) is 0 Å². The maximum absolute atomic E-state index is 12.6. The van der Waals surface area contributed by atoms with Crippen LogP contribution < -0.4 is 5.32 Å². The second kappa shape index (κ2) is 6.07. The van der Waals surface area contributed by atoms with Crippen LogP contribution in [0.25, 0.3) is 0 Å². The van der Waals surface area contributed by atoms with Gasteiger partial charge in [0.05, 0.1) is 11.6 Å². The van der Waals surface area contributed by atoms with Crippen molar-refractivity contribution in [2.24, 2.45) is 7.05 Å². The van der Waals surface area contributed by atoms with E-state index in [0.717, 1.165) is 12.4 Å². The summed E-state index contributed by atoms with van der Waals surface area (Å²) in [6.45, 7) is 2.28. The number of carbonyl (C=O) groups is 2. The molecule has 1 N–H and O–H groups in total. The van der Waals surface area contributed by atoms with Gasteiger partial charge in [0.1, 0.15) is 18.4 Å². The van der Waals surface area contributed by atoms with Crippen LogP contribution in [0.15, 0.2) is 12.4 Å². The van der Waals surface area contributed by atoms with E-state index in [1.165, 1.54) is 0 Å². The van der Waals surface area contributed by atoms with E-state index < -0.39 is 0 Å². The molecule has 3 rings (SSSR count). The number of aryl methyl sites for hydroxylation is 1. The Morgan fingerprint density at radius 1 is 1.57 bits per heavy atom. The van der Waals surface area contributed by atoms with E-state index in [1.807, 2.05) is 22.7 Å². The van der Waals surface area contributed by atoms with Crippen LogP contribution in [0.2, 0.25) is 0 Å². The zero-order valence-corrected chi connectivity index (χ0v) is 12.8. The Kier molecular flexibility index (Phi) is 4.16. The molecule has 8 heteroatoms. The van der Waals surface area contributed by atoms with E-state index >= 15 is 0 Å². The quantitative estimate of drug-likeness (QED) is 0.809. The molecular weight excluding hydrogens is 290 g/mol. The monoisotopic (exact) mass is 309 g/mol. The van der Waals surface area contributed by atoms with E-state index in [9.17, 15) is 9.59 Å². The molecule has 0 aromatic carbocycles. The molecule has 0 spiro atoms. The Bertz CT molecular complexity index is 546. The molecule has 3 heterocycles. The van der Waals surface area contributed by atoms with Crippen LogP contribution in [0.5, 0.6) is 0 Å². The third-order valence-corrected chi connectivity index (χ3v) is 4.82. The van der Waals surface area contributed by atoms with Crippen molar-refractivity contribution in [2.75, 3.05) is 37.8 Å². The molecule has 0 bridgehead atoms. The average molecular weight is 309 g/mol. The maximum atomic E-state index is 12.6. The number of hydrogen-bond acceptors (Lipinski definition) is 5. The normalized spacial score (nSPS) is 22.9. The third kappa shape index (κ3) is 2.91. The Morgan fingerprint density at radius 2 is 2.43 bits per heavy atom. The highest BCUT2D eigenvalue weighted by Gasteiger charge is 2.32. The first-order valence-electron chi connectivity index (χ1n) is 6.99. The minimum Gasteiger partial charge on any atom is -0.336 e. The van der Waals surface area contributed by atoms with Gasteiger partial charge in [-0.25, -0.2) is 4.98 Å². The lowest BCUT2D eigenvalue weighted by atomic mass is 10.1. The van der Waals surface area contributed by atoms with Gasteiger partial charge < -0.3 is 19.7 Å². The Labute approximate surface area is 127 Å². The number of carbonyl (C=O) groups excluding carboxylic acids is 2. The van der Waals surface area contributed by atoms with Gasteiger partial charge in [0.25, 0.3) is 0 Å². The largest absolute Gasteiger partial charge is 0.336 e. The van der Waals surface area contributed by atoms with Crippen LogP contribution in [0.4, 0.5) is 0 Å². The fourth-order valence-corrected chi connectivity index (χ4v) is 3.63. The Hall–Kier alpha value is -1.54. The number of amides is 2. The van der Waals surface area contributed by atoms with Crippen molar-refractivity contribution in [1.29, 1.82) is 0 Å². The zero-order chi connectivity index (χ0) is 14.8. The van der Waals surface area contributed by atoms with Gasteiger partial charge in [-0.15, -0.1) is 11.8 Å². The standard InChI is InChI=1S/C13H19N5O2S/c1-16-4-3-15-13(16)10-6-14-2-5-18(10)11(19)7-17-9-21-8-12(17)20/h3-4,10,14H,2,5-9H2,1H3. The first-order valence-corrected chi connectivity index (χ1v) is 8.15. The molecule has 0 radical (unpaired) electrons. The Balaban J connectivity index is 1.73. The number of nitrogens with one attached hydrogen (secondary N) is 1. The van der Waals surface area contributed by atoms with Gasteiger partial charge in [-0.2, -0.15) is 0 Å². The lowest BCUT2D eigenvalue weighted by Crippen LogP contribution is -2.52. The number of imidazole rings is 1. The lowest BCUT2D eigenvalue weighted by molar-refractivity contribution is -0.140. The van der Waals surface area contributed by atoms with Crippen LogP contribution in [-0.2, 0) is 16.6 Å². The summed E-state index contributed by atoms with van der Waals surface area (Å²) in [5.41, 5.74) is 0. The van der Waals surface area contributed by atoms with Crippen LogP contribution in [-0.4, -0.2) is 69.0 Å². The number of piperazine rings is 1. The molecule has 1 atom stereocenters. The van der Waals surface area contributed by atoms with Crippen molar-refractivity contribution in [2.45, 2.75) is 6.04 Å². The van der Waals surface area contributed by atoms with Gasteiger partial charge in [0, 0.05) is 39.1 Å². The van der Waals surface area contributed by atoms with Gasteiger partial charge in [0.15, 0.2) is 0 Å². The highest BCUT2D eigenvalue weighted by molar-refractivity contribution is 8.00. The minimum atomic E-state index is -0.0726. The summed E-state index contributed by atoms with van der Waals surface area (Å²) in [7, 11) is 1.93. The van der Waals surface area contributed by atoms with Gasteiger partial charge >= 0.3 is 0 Å². The summed E-state index contributed by atoms with van der Waals surface area (Å²) in [5.74, 6) is 2.02. The van der Waals surface area contributed by atoms with Crippen molar-refractivity contribution in [1.82, 2.24) is 24.7 Å². The molecule has 114 valence electrons. The molecule has 0 aliphatic carbocycles. The SMILES string of the molecule is Cn1ccnc1C1CNCCN1C(=O)CN1CSCC1=O. The second-order valence-electron chi connectivity index (χ2n) is 5.27. The summed E-state index contributed by atoms with van der Waals surface area (Å²) in [5, 5.41) is 3.31. The van der Waals surface area contributed by atoms with Crippen LogP contribution in [0.3, 0.4) is 0 Å². The van der Waals surface area contributed by atoms with E-state index in [4.69, 9.17) is 0 Å². The van der Waals surface area contributed by atoms with Crippen LogP contribution in [0.1, 0.15) is 11.9 Å². The average Bonchev–Trinajstić information content (AvgIpc) is 3.08. The fourth-order valence-electron chi connectivity index (χ4n) is 2.73. The molecule has 1 unspecified atom stereocenters. The van der Waals surface area contributed by atoms with E-state index in [1.54, 1.807) is 22.9 Å². The van der Waals surface area contributed by atoms with Crippen molar-refractivity contribution in [3.8, 4) is 0 Å². The molecule has 7 nitrogen and oxygen atoms in total. The minimum absolute atomic E-state index is 0.000324. The van der Waals surface area contributed by atoms with Gasteiger partial charge in [0.2, 0.25) is 11.8 Å². The highest BCUT2D eigenvalue weighted by atomic mass is 32.2. The van der Waals surface area contributed by atoms with Crippen molar-refractivity contribution in [3.05, 3.63) is 18.2 Å². The van der Waals surface area contributed by atoms with Gasteiger partial charge in [-0.3, -0.25) is 9.59 Å². The molecule has 0 saturated carbocycles. The van der Waals surface area contributed by atoms with Gasteiger partial charge in [-0.1, -0.05) is 0 Å². The summed E-state index contributed by atoms with van der Waals surface area (Å²) < 4.78 is 1.94. The van der Waals surface area contributed by atoms with E-state index in [0.29, 0.717) is 24.7 Å². The first-order chi connectivity index (χ1) is 10.2. The van der Waals surface area contributed by atoms with E-state index in [2.05, 4.69) is 10.3 Å². The fraction of sp³-hybridized carbons (Fsp3) is 0.615. The number of hydrogen-bond donors (Lipinski definition) is 1. The smallest absolute Gasteiger partial charge is 0.242 e. The predicted octanol–water partition coefficient (Wildman–Crippen LogP) is -0.574. The number of aromatic nitrogens is 2. The first kappa shape index (κ1) is 14.4. The number of rotatable bonds is 3. The van der Waals surface area contributed by atoms with Gasteiger partial charge in [-0.05, 0) is 0 Å². The topological polar surface area (TPSA) is 70.5 Å². The lowest BCUT2D eigenvalue weighted by Gasteiger charge is -2.36. The molecule has 1 aromatic rings. The zero-order valence-electron chi connectivity index (χ0n) is 12.0. The molecule has 1 aromatic heterocycles. The molecule has 2 fully saturated rings. The summed E-state index contributed by atoms with van der Waals surface area (Å²) in [6, 6.07) is -0.0726. The summed E-state index contributed by atoms with van der Waals surface area (Å²) in [6.07, 6.45) is 3.63. The second-order valence-corrected chi connectivity index (χ2v) is 6.23. The van der Waals surface area contributed by atoms with Crippen molar-refractivity contribution < 1.29 is 9.59 Å². The molecule has 21 heavy (non-hydrogen) atoms. The number of nitrogens with zero attached hydrogens (tertiary/aromatic N) is 4. The van der Waals surface area contributed by atoms with Crippen molar-refractivity contribution >= 4 is 23.6 Å². The third-order valence-electron chi connectivity index (χ3n) is 3.87. The summed E-state index contributed by atoms with van der Waals surface area (Å²) >= 11 is 1.56.